The Kier molecular flexibility index (Phi) is 2.78. The number of rotatable bonds is 1. The van der Waals surface area contributed by atoms with Gasteiger partial charge in [0.25, 0.3) is 0 Å². The lowest BCUT2D eigenvalue weighted by Crippen LogP contribution is -2.41. The van der Waals surface area contributed by atoms with E-state index >= 15 is 0 Å². The van der Waals surface area contributed by atoms with Gasteiger partial charge in [0.05, 0.1) is 6.26 Å². The summed E-state index contributed by atoms with van der Waals surface area (Å²) < 4.78 is 23.9. The van der Waals surface area contributed by atoms with Gasteiger partial charge in [-0.1, -0.05) is 13.8 Å². The normalized spacial score (nSPS) is 33.6. The van der Waals surface area contributed by atoms with Gasteiger partial charge in [0, 0.05) is 13.1 Å². The fourth-order valence-electron chi connectivity index (χ4n) is 1.53. The smallest absolute Gasteiger partial charge is 0.211 e. The Hall–Kier alpha value is -0.0900. The van der Waals surface area contributed by atoms with Gasteiger partial charge < -0.3 is 0 Å². The molecule has 1 rings (SSSR count). The van der Waals surface area contributed by atoms with Crippen molar-refractivity contribution in [1.82, 2.24) is 4.31 Å². The van der Waals surface area contributed by atoms with Gasteiger partial charge in [0.15, 0.2) is 0 Å². The number of sulfonamides is 1. The van der Waals surface area contributed by atoms with Crippen molar-refractivity contribution in [2.75, 3.05) is 19.3 Å². The topological polar surface area (TPSA) is 37.4 Å². The predicted molar refractivity (Wildman–Crippen MR) is 49.4 cm³/mol. The highest BCUT2D eigenvalue weighted by atomic mass is 32.2. The molecule has 0 aromatic rings. The molecule has 1 heterocycles. The molecule has 2 atom stereocenters. The Balaban J connectivity index is 2.64. The third-order valence-corrected chi connectivity index (χ3v) is 4.04. The van der Waals surface area contributed by atoms with Crippen LogP contribution in [0.1, 0.15) is 20.3 Å². The molecule has 0 bridgehead atoms. The quantitative estimate of drug-likeness (QED) is 0.618. The molecule has 1 aliphatic rings. The van der Waals surface area contributed by atoms with E-state index in [1.165, 1.54) is 6.26 Å². The molecule has 4 heteroatoms. The number of hydrogen-bond acceptors (Lipinski definition) is 2. The minimum absolute atomic E-state index is 0.494. The maximum Gasteiger partial charge on any atom is 0.211 e. The SMILES string of the molecule is CC1CN(S(C)(=O)=O)CC[C@H]1C. The Morgan fingerprint density at radius 2 is 1.83 bits per heavy atom. The largest absolute Gasteiger partial charge is 0.213 e. The molecule has 0 amide bonds. The van der Waals surface area contributed by atoms with Gasteiger partial charge in [-0.3, -0.25) is 0 Å². The van der Waals surface area contributed by atoms with E-state index in [0.717, 1.165) is 6.42 Å². The number of piperidine rings is 1. The van der Waals surface area contributed by atoms with Gasteiger partial charge in [-0.25, -0.2) is 12.7 Å². The van der Waals surface area contributed by atoms with Crippen LogP contribution in [0, 0.1) is 11.8 Å². The van der Waals surface area contributed by atoms with E-state index in [9.17, 15) is 8.42 Å². The van der Waals surface area contributed by atoms with E-state index in [2.05, 4.69) is 13.8 Å². The van der Waals surface area contributed by atoms with Gasteiger partial charge in [-0.05, 0) is 18.3 Å². The van der Waals surface area contributed by atoms with Crippen LogP contribution in [0.15, 0.2) is 0 Å². The molecular weight excluding hydrogens is 174 g/mol. The van der Waals surface area contributed by atoms with Crippen molar-refractivity contribution in [3.63, 3.8) is 0 Å². The summed E-state index contributed by atoms with van der Waals surface area (Å²) >= 11 is 0. The van der Waals surface area contributed by atoms with Crippen molar-refractivity contribution in [3.05, 3.63) is 0 Å². The molecule has 0 aliphatic carbocycles. The summed E-state index contributed by atoms with van der Waals surface area (Å²) in [4.78, 5) is 0. The van der Waals surface area contributed by atoms with Crippen molar-refractivity contribution in [3.8, 4) is 0 Å². The fourth-order valence-corrected chi connectivity index (χ4v) is 2.47. The zero-order valence-electron chi connectivity index (χ0n) is 7.95. The first kappa shape index (κ1) is 9.99. The Morgan fingerprint density at radius 1 is 1.25 bits per heavy atom. The molecular formula is C8H17NO2S. The zero-order valence-corrected chi connectivity index (χ0v) is 8.76. The summed E-state index contributed by atoms with van der Waals surface area (Å²) in [6, 6.07) is 0. The van der Waals surface area contributed by atoms with Gasteiger partial charge in [-0.2, -0.15) is 0 Å². The Morgan fingerprint density at radius 3 is 2.25 bits per heavy atom. The molecule has 0 spiro atoms. The predicted octanol–water partition coefficient (Wildman–Crippen LogP) is 0.924. The standard InChI is InChI=1S/C8H17NO2S/c1-7-4-5-9(6-8(7)2)12(3,10)11/h7-8H,4-6H2,1-3H3/t7-,8?/m1/s1. The van der Waals surface area contributed by atoms with Gasteiger partial charge in [0.2, 0.25) is 10.0 Å². The summed E-state index contributed by atoms with van der Waals surface area (Å²) in [7, 11) is -2.95. The first-order chi connectivity index (χ1) is 5.41. The first-order valence-electron chi connectivity index (χ1n) is 4.36. The van der Waals surface area contributed by atoms with Crippen molar-refractivity contribution >= 4 is 10.0 Å². The second-order valence-corrected chi connectivity index (χ2v) is 5.85. The van der Waals surface area contributed by atoms with Crippen LogP contribution in [0.5, 0.6) is 0 Å². The van der Waals surface area contributed by atoms with Crippen LogP contribution in [0.25, 0.3) is 0 Å². The van der Waals surface area contributed by atoms with Crippen molar-refractivity contribution in [2.24, 2.45) is 11.8 Å². The molecule has 1 unspecified atom stereocenters. The molecule has 0 aromatic carbocycles. The van der Waals surface area contributed by atoms with E-state index in [-0.39, 0.29) is 0 Å². The third-order valence-electron chi connectivity index (χ3n) is 2.77. The zero-order chi connectivity index (χ0) is 9.35. The molecule has 0 saturated carbocycles. The number of nitrogens with zero attached hydrogens (tertiary/aromatic N) is 1. The van der Waals surface area contributed by atoms with Crippen LogP contribution in [0.4, 0.5) is 0 Å². The molecule has 0 N–H and O–H groups in total. The summed E-state index contributed by atoms with van der Waals surface area (Å²) in [6.07, 6.45) is 2.28. The van der Waals surface area contributed by atoms with Crippen LogP contribution < -0.4 is 0 Å². The second-order valence-electron chi connectivity index (χ2n) is 3.86. The van der Waals surface area contributed by atoms with Gasteiger partial charge >= 0.3 is 0 Å². The third kappa shape index (κ3) is 2.20. The maximum absolute atomic E-state index is 11.2. The van der Waals surface area contributed by atoms with E-state index < -0.39 is 10.0 Å². The van der Waals surface area contributed by atoms with Crippen LogP contribution >= 0.6 is 0 Å². The molecule has 0 radical (unpaired) electrons. The molecule has 72 valence electrons. The molecule has 12 heavy (non-hydrogen) atoms. The van der Waals surface area contributed by atoms with Crippen LogP contribution in [0.2, 0.25) is 0 Å². The Bertz CT molecular complexity index is 248. The fraction of sp³-hybridized carbons (Fsp3) is 1.00. The Labute approximate surface area is 74.8 Å². The lowest BCUT2D eigenvalue weighted by molar-refractivity contribution is 0.213. The minimum Gasteiger partial charge on any atom is -0.213 e. The molecule has 0 aromatic heterocycles. The molecule has 1 aliphatic heterocycles. The highest BCUT2D eigenvalue weighted by Gasteiger charge is 2.27. The van der Waals surface area contributed by atoms with E-state index in [1.807, 2.05) is 0 Å². The van der Waals surface area contributed by atoms with E-state index in [0.29, 0.717) is 24.9 Å². The van der Waals surface area contributed by atoms with Crippen molar-refractivity contribution in [2.45, 2.75) is 20.3 Å². The monoisotopic (exact) mass is 191 g/mol. The highest BCUT2D eigenvalue weighted by Crippen LogP contribution is 2.23. The summed E-state index contributed by atoms with van der Waals surface area (Å²) in [5, 5.41) is 0. The number of hydrogen-bond donors (Lipinski definition) is 0. The molecule has 1 fully saturated rings. The summed E-state index contributed by atoms with van der Waals surface area (Å²) in [5.74, 6) is 1.15. The van der Waals surface area contributed by atoms with Gasteiger partial charge in [0.1, 0.15) is 0 Å². The highest BCUT2D eigenvalue weighted by molar-refractivity contribution is 7.88. The lowest BCUT2D eigenvalue weighted by atomic mass is 9.90. The lowest BCUT2D eigenvalue weighted by Gasteiger charge is -2.33. The molecule has 3 nitrogen and oxygen atoms in total. The summed E-state index contributed by atoms with van der Waals surface area (Å²) in [6.45, 7) is 5.69. The van der Waals surface area contributed by atoms with Crippen LogP contribution in [-0.2, 0) is 10.0 Å². The maximum atomic E-state index is 11.2. The second kappa shape index (κ2) is 3.34. The van der Waals surface area contributed by atoms with Crippen molar-refractivity contribution < 1.29 is 8.42 Å². The minimum atomic E-state index is -2.95. The van der Waals surface area contributed by atoms with Crippen LogP contribution in [0.3, 0.4) is 0 Å². The molecule has 1 saturated heterocycles. The average Bonchev–Trinajstić information content (AvgIpc) is 1.92. The average molecular weight is 191 g/mol. The van der Waals surface area contributed by atoms with E-state index in [4.69, 9.17) is 0 Å². The summed E-state index contributed by atoms with van der Waals surface area (Å²) in [5.41, 5.74) is 0. The van der Waals surface area contributed by atoms with Crippen LogP contribution in [-0.4, -0.2) is 32.1 Å². The van der Waals surface area contributed by atoms with Gasteiger partial charge in [-0.15, -0.1) is 0 Å². The van der Waals surface area contributed by atoms with E-state index in [1.54, 1.807) is 4.31 Å². The first-order valence-corrected chi connectivity index (χ1v) is 6.21. The van der Waals surface area contributed by atoms with Crippen molar-refractivity contribution in [1.29, 1.82) is 0 Å².